The molecule has 0 saturated heterocycles. The zero-order valence-electron chi connectivity index (χ0n) is 10.2. The van der Waals surface area contributed by atoms with Crippen molar-refractivity contribution in [2.24, 2.45) is 0 Å². The molecule has 0 bridgehead atoms. The molecule has 0 atom stereocenters. The number of hydrogen-bond acceptors (Lipinski definition) is 7. The Balaban J connectivity index is 1.67. The van der Waals surface area contributed by atoms with Gasteiger partial charge in [-0.05, 0) is 28.1 Å². The Morgan fingerprint density at radius 3 is 3.10 bits per heavy atom. The summed E-state index contributed by atoms with van der Waals surface area (Å²) in [5.41, 5.74) is 1.02. The molecule has 9 heteroatoms. The summed E-state index contributed by atoms with van der Waals surface area (Å²) in [4.78, 5) is 10.7. The van der Waals surface area contributed by atoms with Crippen LogP contribution in [0.3, 0.4) is 0 Å². The molecule has 1 aromatic carbocycles. The smallest absolute Gasteiger partial charge is 0.325 e. The van der Waals surface area contributed by atoms with Crippen molar-refractivity contribution in [2.45, 2.75) is 17.5 Å². The summed E-state index contributed by atoms with van der Waals surface area (Å²) in [6.45, 7) is -0.0146. The summed E-state index contributed by atoms with van der Waals surface area (Å²) in [7, 11) is 0. The van der Waals surface area contributed by atoms with Crippen molar-refractivity contribution in [1.82, 2.24) is 20.2 Å². The number of rotatable bonds is 5. The second-order valence-corrected chi connectivity index (χ2v) is 4.93. The average Bonchev–Trinajstić information content (AvgIpc) is 3.03. The Hall–Kier alpha value is -2.29. The monoisotopic (exact) mass is 294 g/mol. The molecule has 1 aromatic heterocycles. The zero-order valence-corrected chi connectivity index (χ0v) is 11.0. The number of fused-ring (bicyclic) bond motifs is 1. The predicted octanol–water partition coefficient (Wildman–Crippen LogP) is 0.779. The first kappa shape index (κ1) is 12.7. The van der Waals surface area contributed by atoms with E-state index in [0.717, 1.165) is 11.3 Å². The van der Waals surface area contributed by atoms with Crippen LogP contribution in [0.15, 0.2) is 23.4 Å². The highest BCUT2D eigenvalue weighted by Crippen LogP contribution is 2.34. The highest BCUT2D eigenvalue weighted by Gasteiger charge is 2.14. The van der Waals surface area contributed by atoms with Gasteiger partial charge in [0.15, 0.2) is 11.5 Å². The Morgan fingerprint density at radius 1 is 1.40 bits per heavy atom. The van der Waals surface area contributed by atoms with Crippen molar-refractivity contribution >= 4 is 17.7 Å². The largest absolute Gasteiger partial charge is 0.480 e. The maximum Gasteiger partial charge on any atom is 0.325 e. The van der Waals surface area contributed by atoms with Crippen LogP contribution in [0.2, 0.25) is 0 Å². The van der Waals surface area contributed by atoms with E-state index in [1.54, 1.807) is 0 Å². The molecular formula is C11H10N4O4S. The number of tetrazole rings is 1. The Kier molecular flexibility index (Phi) is 3.42. The van der Waals surface area contributed by atoms with E-state index in [0.29, 0.717) is 16.7 Å². The van der Waals surface area contributed by atoms with E-state index in [1.807, 2.05) is 18.2 Å². The minimum Gasteiger partial charge on any atom is -0.480 e. The second kappa shape index (κ2) is 5.37. The molecule has 0 radical (unpaired) electrons. The number of aromatic nitrogens is 4. The molecular weight excluding hydrogens is 284 g/mol. The van der Waals surface area contributed by atoms with Crippen molar-refractivity contribution in [3.8, 4) is 11.5 Å². The van der Waals surface area contributed by atoms with Gasteiger partial charge in [-0.2, -0.15) is 0 Å². The van der Waals surface area contributed by atoms with Gasteiger partial charge in [-0.1, -0.05) is 17.8 Å². The Bertz CT molecular complexity index is 645. The number of nitrogens with zero attached hydrogens (tertiary/aromatic N) is 4. The van der Waals surface area contributed by atoms with Gasteiger partial charge in [0.2, 0.25) is 11.9 Å². The average molecular weight is 294 g/mol. The number of carboxylic acids is 1. The predicted molar refractivity (Wildman–Crippen MR) is 67.6 cm³/mol. The third kappa shape index (κ3) is 2.67. The van der Waals surface area contributed by atoms with Crippen molar-refractivity contribution in [3.63, 3.8) is 0 Å². The Labute approximate surface area is 117 Å². The molecule has 8 nitrogen and oxygen atoms in total. The standard InChI is InChI=1S/C11H10N4O4S/c16-10(17)4-15-11(12-13-14-15)20-5-7-1-2-8-9(3-7)19-6-18-8/h1-3H,4-6H2,(H,16,17). The Morgan fingerprint density at radius 2 is 2.25 bits per heavy atom. The van der Waals surface area contributed by atoms with E-state index < -0.39 is 5.97 Å². The first-order valence-corrected chi connectivity index (χ1v) is 6.70. The quantitative estimate of drug-likeness (QED) is 0.807. The molecule has 0 aliphatic carbocycles. The van der Waals surface area contributed by atoms with E-state index in [-0.39, 0.29) is 13.3 Å². The van der Waals surface area contributed by atoms with Gasteiger partial charge in [0.05, 0.1) is 0 Å². The van der Waals surface area contributed by atoms with E-state index in [1.165, 1.54) is 16.4 Å². The molecule has 0 unspecified atom stereocenters. The van der Waals surface area contributed by atoms with Crippen molar-refractivity contribution in [2.75, 3.05) is 6.79 Å². The fourth-order valence-corrected chi connectivity index (χ4v) is 2.53. The zero-order chi connectivity index (χ0) is 13.9. The van der Waals surface area contributed by atoms with Crippen LogP contribution in [0, 0.1) is 0 Å². The molecule has 1 aliphatic rings. The first-order valence-electron chi connectivity index (χ1n) is 5.71. The van der Waals surface area contributed by atoms with Gasteiger partial charge in [-0.3, -0.25) is 4.79 Å². The molecule has 0 saturated carbocycles. The summed E-state index contributed by atoms with van der Waals surface area (Å²) in [6, 6.07) is 5.66. The highest BCUT2D eigenvalue weighted by molar-refractivity contribution is 7.98. The number of aliphatic carboxylic acids is 1. The number of hydrogen-bond donors (Lipinski definition) is 1. The number of thioether (sulfide) groups is 1. The third-order valence-electron chi connectivity index (χ3n) is 2.59. The number of ether oxygens (including phenoxy) is 2. The summed E-state index contributed by atoms with van der Waals surface area (Å²) in [5, 5.41) is 20.1. The molecule has 2 aromatic rings. The van der Waals surface area contributed by atoms with Crippen molar-refractivity contribution in [3.05, 3.63) is 23.8 Å². The minimum atomic E-state index is -0.984. The lowest BCUT2D eigenvalue weighted by Crippen LogP contribution is -2.11. The van der Waals surface area contributed by atoms with Crippen LogP contribution < -0.4 is 9.47 Å². The molecule has 2 heterocycles. The molecule has 0 amide bonds. The lowest BCUT2D eigenvalue weighted by molar-refractivity contribution is -0.138. The fourth-order valence-electron chi connectivity index (χ4n) is 1.71. The van der Waals surface area contributed by atoms with Gasteiger partial charge in [-0.25, -0.2) is 4.68 Å². The highest BCUT2D eigenvalue weighted by atomic mass is 32.2. The SMILES string of the molecule is O=C(O)Cn1nnnc1SCc1ccc2c(c1)OCO2. The summed E-state index contributed by atoms with van der Waals surface area (Å²) in [6.07, 6.45) is 0. The maximum absolute atomic E-state index is 10.7. The molecule has 3 rings (SSSR count). The first-order chi connectivity index (χ1) is 9.72. The van der Waals surface area contributed by atoms with Crippen LogP contribution in [0.4, 0.5) is 0 Å². The van der Waals surface area contributed by atoms with Crippen LogP contribution >= 0.6 is 11.8 Å². The summed E-state index contributed by atoms with van der Waals surface area (Å²) in [5.74, 6) is 1.07. The van der Waals surface area contributed by atoms with Crippen LogP contribution in [0.1, 0.15) is 5.56 Å². The van der Waals surface area contributed by atoms with E-state index in [4.69, 9.17) is 14.6 Å². The summed E-state index contributed by atoms with van der Waals surface area (Å²) >= 11 is 1.36. The summed E-state index contributed by atoms with van der Waals surface area (Å²) < 4.78 is 11.8. The fraction of sp³-hybridized carbons (Fsp3) is 0.273. The van der Waals surface area contributed by atoms with Crippen molar-refractivity contribution in [1.29, 1.82) is 0 Å². The molecule has 0 spiro atoms. The lowest BCUT2D eigenvalue weighted by Gasteiger charge is -2.03. The number of carboxylic acid groups (broad SMARTS) is 1. The topological polar surface area (TPSA) is 99.4 Å². The van der Waals surface area contributed by atoms with E-state index in [2.05, 4.69) is 15.5 Å². The molecule has 104 valence electrons. The van der Waals surface area contributed by atoms with Gasteiger partial charge in [0.1, 0.15) is 6.54 Å². The van der Waals surface area contributed by atoms with E-state index >= 15 is 0 Å². The van der Waals surface area contributed by atoms with Crippen LogP contribution in [0.5, 0.6) is 11.5 Å². The van der Waals surface area contributed by atoms with Gasteiger partial charge < -0.3 is 14.6 Å². The van der Waals surface area contributed by atoms with Gasteiger partial charge in [-0.15, -0.1) is 5.10 Å². The third-order valence-corrected chi connectivity index (χ3v) is 3.62. The molecule has 1 aliphatic heterocycles. The van der Waals surface area contributed by atoms with Gasteiger partial charge in [0.25, 0.3) is 0 Å². The van der Waals surface area contributed by atoms with Crippen LogP contribution in [-0.4, -0.2) is 38.1 Å². The minimum absolute atomic E-state index is 0.239. The normalized spacial score (nSPS) is 12.6. The molecule has 1 N–H and O–H groups in total. The van der Waals surface area contributed by atoms with Gasteiger partial charge >= 0.3 is 5.97 Å². The van der Waals surface area contributed by atoms with E-state index in [9.17, 15) is 4.79 Å². The van der Waals surface area contributed by atoms with Gasteiger partial charge in [0, 0.05) is 5.75 Å². The van der Waals surface area contributed by atoms with Crippen molar-refractivity contribution < 1.29 is 19.4 Å². The van der Waals surface area contributed by atoms with Crippen LogP contribution in [-0.2, 0) is 17.1 Å². The molecule has 0 fully saturated rings. The number of benzene rings is 1. The second-order valence-electron chi connectivity index (χ2n) is 3.99. The van der Waals surface area contributed by atoms with Crippen LogP contribution in [0.25, 0.3) is 0 Å². The molecule has 20 heavy (non-hydrogen) atoms. The maximum atomic E-state index is 10.7. The number of carbonyl (C=O) groups is 1. The lowest BCUT2D eigenvalue weighted by atomic mass is 10.2.